The quantitative estimate of drug-likeness (QED) is 0.881. The van der Waals surface area contributed by atoms with Gasteiger partial charge in [-0.2, -0.15) is 0 Å². The van der Waals surface area contributed by atoms with E-state index in [0.717, 1.165) is 0 Å². The molecule has 2 heterocycles. The number of aliphatic hydroxyl groups excluding tert-OH is 1. The third-order valence-electron chi connectivity index (χ3n) is 1.72. The second kappa shape index (κ2) is 3.40. The van der Waals surface area contributed by atoms with Crippen molar-refractivity contribution in [3.63, 3.8) is 0 Å². The summed E-state index contributed by atoms with van der Waals surface area (Å²) in [6.07, 6.45) is 2.25. The highest BCUT2D eigenvalue weighted by Crippen LogP contribution is 2.25. The zero-order valence-electron chi connectivity index (χ0n) is 6.61. The maximum atomic E-state index is 9.72. The van der Waals surface area contributed by atoms with Crippen molar-refractivity contribution in [2.45, 2.75) is 6.10 Å². The molecule has 2 aromatic rings. The molecule has 68 valence electrons. The van der Waals surface area contributed by atoms with Gasteiger partial charge >= 0.3 is 0 Å². The van der Waals surface area contributed by atoms with Crippen LogP contribution in [0.3, 0.4) is 0 Å². The third-order valence-corrected chi connectivity index (χ3v) is 2.13. The van der Waals surface area contributed by atoms with E-state index in [4.69, 9.17) is 8.83 Å². The van der Waals surface area contributed by atoms with E-state index >= 15 is 0 Å². The van der Waals surface area contributed by atoms with Crippen LogP contribution in [0, 0.1) is 0 Å². The van der Waals surface area contributed by atoms with Gasteiger partial charge in [-0.3, -0.25) is 0 Å². The Morgan fingerprint density at radius 3 is 2.77 bits per heavy atom. The molecule has 0 saturated carbocycles. The first-order chi connectivity index (χ1) is 6.27. The van der Waals surface area contributed by atoms with Crippen molar-refractivity contribution in [1.82, 2.24) is 0 Å². The molecule has 0 radical (unpaired) electrons. The number of hydrogen-bond donors (Lipinski definition) is 1. The van der Waals surface area contributed by atoms with E-state index in [2.05, 4.69) is 15.9 Å². The third kappa shape index (κ3) is 1.68. The second-order valence-electron chi connectivity index (χ2n) is 2.60. The summed E-state index contributed by atoms with van der Waals surface area (Å²) in [7, 11) is 0. The normalized spacial score (nSPS) is 13.1. The molecular formula is C9H7BrO3. The largest absolute Gasteiger partial charge is 0.466 e. The van der Waals surface area contributed by atoms with Crippen LogP contribution in [0.1, 0.15) is 17.4 Å². The summed E-state index contributed by atoms with van der Waals surface area (Å²) >= 11 is 3.16. The fourth-order valence-corrected chi connectivity index (χ4v) is 1.44. The Morgan fingerprint density at radius 1 is 1.38 bits per heavy atom. The molecule has 2 rings (SSSR count). The smallest absolute Gasteiger partial charge is 0.169 e. The van der Waals surface area contributed by atoms with E-state index in [1.165, 1.54) is 12.5 Å². The molecule has 0 amide bonds. The van der Waals surface area contributed by atoms with Crippen LogP contribution < -0.4 is 0 Å². The van der Waals surface area contributed by atoms with Gasteiger partial charge in [0.2, 0.25) is 0 Å². The van der Waals surface area contributed by atoms with Gasteiger partial charge in [0.1, 0.15) is 11.9 Å². The maximum Gasteiger partial charge on any atom is 0.169 e. The molecule has 2 aromatic heterocycles. The summed E-state index contributed by atoms with van der Waals surface area (Å²) in [6, 6.07) is 5.15. The molecule has 4 heteroatoms. The molecule has 0 saturated heterocycles. The van der Waals surface area contributed by atoms with Crippen molar-refractivity contribution in [3.8, 4) is 0 Å². The van der Waals surface area contributed by atoms with Gasteiger partial charge < -0.3 is 13.9 Å². The minimum absolute atomic E-state index is 0.508. The van der Waals surface area contributed by atoms with Gasteiger partial charge in [-0.25, -0.2) is 0 Å². The first-order valence-electron chi connectivity index (χ1n) is 3.73. The Morgan fingerprint density at radius 2 is 2.23 bits per heavy atom. The second-order valence-corrected chi connectivity index (χ2v) is 3.38. The monoisotopic (exact) mass is 242 g/mol. The maximum absolute atomic E-state index is 9.72. The number of rotatable bonds is 2. The van der Waals surface area contributed by atoms with Gasteiger partial charge in [-0.1, -0.05) is 0 Å². The Bertz CT molecular complexity index is 377. The molecule has 0 spiro atoms. The van der Waals surface area contributed by atoms with Gasteiger partial charge in [0.05, 0.1) is 12.5 Å². The van der Waals surface area contributed by atoms with Gasteiger partial charge in [-0.05, 0) is 34.1 Å². The van der Waals surface area contributed by atoms with Crippen molar-refractivity contribution in [1.29, 1.82) is 0 Å². The molecule has 0 aliphatic heterocycles. The van der Waals surface area contributed by atoms with E-state index in [1.807, 2.05) is 0 Å². The van der Waals surface area contributed by atoms with E-state index in [-0.39, 0.29) is 0 Å². The minimum Gasteiger partial charge on any atom is -0.466 e. The van der Waals surface area contributed by atoms with E-state index in [9.17, 15) is 5.11 Å². The van der Waals surface area contributed by atoms with Gasteiger partial charge in [0, 0.05) is 5.56 Å². The van der Waals surface area contributed by atoms with Crippen LogP contribution in [0.2, 0.25) is 0 Å². The predicted molar refractivity (Wildman–Crippen MR) is 49.2 cm³/mol. The highest BCUT2D eigenvalue weighted by molar-refractivity contribution is 9.10. The van der Waals surface area contributed by atoms with Crippen molar-refractivity contribution in [2.24, 2.45) is 0 Å². The average molecular weight is 243 g/mol. The highest BCUT2D eigenvalue weighted by Gasteiger charge is 2.15. The number of aliphatic hydroxyl groups is 1. The highest BCUT2D eigenvalue weighted by atomic mass is 79.9. The van der Waals surface area contributed by atoms with Crippen molar-refractivity contribution in [3.05, 3.63) is 46.7 Å². The van der Waals surface area contributed by atoms with Crippen LogP contribution >= 0.6 is 15.9 Å². The average Bonchev–Trinajstić information content (AvgIpc) is 2.72. The lowest BCUT2D eigenvalue weighted by atomic mass is 10.1. The lowest BCUT2D eigenvalue weighted by Crippen LogP contribution is -1.94. The number of halogens is 1. The van der Waals surface area contributed by atoms with Gasteiger partial charge in [0.15, 0.2) is 4.67 Å². The summed E-state index contributed by atoms with van der Waals surface area (Å²) in [4.78, 5) is 0. The first-order valence-corrected chi connectivity index (χ1v) is 4.52. The molecule has 0 fully saturated rings. The molecule has 13 heavy (non-hydrogen) atoms. The van der Waals surface area contributed by atoms with Crippen LogP contribution in [0.15, 0.2) is 44.2 Å². The lowest BCUT2D eigenvalue weighted by molar-refractivity contribution is 0.188. The topological polar surface area (TPSA) is 46.5 Å². The van der Waals surface area contributed by atoms with Gasteiger partial charge in [-0.15, -0.1) is 0 Å². The predicted octanol–water partition coefficient (Wildman–Crippen LogP) is 2.72. The molecular weight excluding hydrogens is 236 g/mol. The summed E-state index contributed by atoms with van der Waals surface area (Å²) in [5, 5.41) is 9.72. The summed E-state index contributed by atoms with van der Waals surface area (Å²) in [6.45, 7) is 0. The number of furan rings is 2. The first kappa shape index (κ1) is 8.59. The van der Waals surface area contributed by atoms with Crippen LogP contribution in [0.5, 0.6) is 0 Å². The van der Waals surface area contributed by atoms with Crippen LogP contribution in [-0.2, 0) is 0 Å². The SMILES string of the molecule is OC(c1coc(Br)c1)c1ccco1. The van der Waals surface area contributed by atoms with Crippen molar-refractivity contribution < 1.29 is 13.9 Å². The molecule has 1 atom stereocenters. The summed E-state index contributed by atoms with van der Waals surface area (Å²) in [5.74, 6) is 0.508. The molecule has 3 nitrogen and oxygen atoms in total. The molecule has 0 aliphatic rings. The van der Waals surface area contributed by atoms with Crippen LogP contribution in [0.25, 0.3) is 0 Å². The van der Waals surface area contributed by atoms with E-state index < -0.39 is 6.10 Å². The molecule has 0 bridgehead atoms. The fraction of sp³-hybridized carbons (Fsp3) is 0.111. The Hall–Kier alpha value is -1.00. The Labute approximate surface area is 83.1 Å². The van der Waals surface area contributed by atoms with Crippen molar-refractivity contribution >= 4 is 15.9 Å². The molecule has 1 N–H and O–H groups in total. The zero-order valence-corrected chi connectivity index (χ0v) is 8.19. The fourth-order valence-electron chi connectivity index (χ4n) is 1.08. The molecule has 1 unspecified atom stereocenters. The van der Waals surface area contributed by atoms with Crippen LogP contribution in [-0.4, -0.2) is 5.11 Å². The Kier molecular flexibility index (Phi) is 2.24. The molecule has 0 aliphatic carbocycles. The number of hydrogen-bond acceptors (Lipinski definition) is 3. The summed E-state index contributed by atoms with van der Waals surface area (Å²) in [5.41, 5.74) is 0.668. The van der Waals surface area contributed by atoms with Crippen LogP contribution in [0.4, 0.5) is 0 Å². The van der Waals surface area contributed by atoms with Crippen molar-refractivity contribution in [2.75, 3.05) is 0 Å². The standard InChI is InChI=1S/C9H7BrO3/c10-8-4-6(5-13-8)9(11)7-2-1-3-12-7/h1-5,9,11H. The Balaban J connectivity index is 2.28. The van der Waals surface area contributed by atoms with E-state index in [1.54, 1.807) is 18.2 Å². The van der Waals surface area contributed by atoms with E-state index in [0.29, 0.717) is 16.0 Å². The van der Waals surface area contributed by atoms with Gasteiger partial charge in [0.25, 0.3) is 0 Å². The zero-order chi connectivity index (χ0) is 9.26. The minimum atomic E-state index is -0.759. The summed E-state index contributed by atoms with van der Waals surface area (Å²) < 4.78 is 10.6. The lowest BCUT2D eigenvalue weighted by Gasteiger charge is -2.02. The molecule has 0 aromatic carbocycles.